The Bertz CT molecular complexity index is 616. The number of benzene rings is 2. The van der Waals surface area contributed by atoms with Crippen LogP contribution in [0.15, 0.2) is 47.4 Å². The van der Waals surface area contributed by atoms with Crippen LogP contribution in [0, 0.1) is 15.9 Å². The molecule has 0 unspecified atom stereocenters. The maximum atomic E-state index is 13.2. The number of nitrogens with zero attached hydrogens (tertiary/aromatic N) is 1. The average molecular weight is 293 g/mol. The molecule has 4 nitrogen and oxygen atoms in total. The van der Waals surface area contributed by atoms with Crippen molar-refractivity contribution in [3.8, 4) is 5.75 Å². The molecule has 0 saturated carbocycles. The molecule has 2 rings (SSSR count). The lowest BCUT2D eigenvalue weighted by Crippen LogP contribution is -1.92. The second-order valence-corrected chi connectivity index (χ2v) is 5.02. The van der Waals surface area contributed by atoms with Gasteiger partial charge in [0.25, 0.3) is 5.69 Å². The molecule has 0 saturated heterocycles. The lowest BCUT2D eigenvalue weighted by atomic mass is 10.2. The first kappa shape index (κ1) is 14.3. The molecule has 0 bridgehead atoms. The van der Waals surface area contributed by atoms with Crippen LogP contribution in [-0.4, -0.2) is 12.0 Å². The van der Waals surface area contributed by atoms with E-state index in [9.17, 15) is 14.5 Å². The quantitative estimate of drug-likeness (QED) is 0.474. The summed E-state index contributed by atoms with van der Waals surface area (Å²) in [5, 5.41) is 10.9. The highest BCUT2D eigenvalue weighted by molar-refractivity contribution is 7.98. The lowest BCUT2D eigenvalue weighted by Gasteiger charge is -2.05. The number of ether oxygens (including phenoxy) is 1. The summed E-state index contributed by atoms with van der Waals surface area (Å²) < 4.78 is 18.2. The van der Waals surface area contributed by atoms with Crippen molar-refractivity contribution in [3.63, 3.8) is 0 Å². The Labute approximate surface area is 119 Å². The molecule has 0 radical (unpaired) electrons. The van der Waals surface area contributed by atoms with Crippen LogP contribution in [0.4, 0.5) is 10.1 Å². The Hall–Kier alpha value is -2.08. The van der Waals surface area contributed by atoms with Gasteiger partial charge in [0.15, 0.2) is 0 Å². The van der Waals surface area contributed by atoms with Gasteiger partial charge in [-0.1, -0.05) is 12.1 Å². The fourth-order valence-corrected chi connectivity index (χ4v) is 2.64. The van der Waals surface area contributed by atoms with Crippen LogP contribution in [0.2, 0.25) is 0 Å². The summed E-state index contributed by atoms with van der Waals surface area (Å²) in [6, 6.07) is 10.8. The van der Waals surface area contributed by atoms with Gasteiger partial charge >= 0.3 is 0 Å². The minimum atomic E-state index is -0.504. The molecule has 20 heavy (non-hydrogen) atoms. The summed E-state index contributed by atoms with van der Waals surface area (Å²) in [6.07, 6.45) is 0. The van der Waals surface area contributed by atoms with Crippen molar-refractivity contribution in [3.05, 3.63) is 64.0 Å². The third-order valence-electron chi connectivity index (χ3n) is 2.67. The number of thioether (sulfide) groups is 1. The highest BCUT2D eigenvalue weighted by Gasteiger charge is 2.14. The van der Waals surface area contributed by atoms with Gasteiger partial charge in [-0.3, -0.25) is 10.1 Å². The summed E-state index contributed by atoms with van der Waals surface area (Å²) >= 11 is 1.23. The molecule has 0 spiro atoms. The standard InChI is InChI=1S/C14H12FNO3S/c1-19-12-5-2-10(3-6-12)9-20-14-8-11(15)4-7-13(14)16(17)18/h2-8H,9H2,1H3. The summed E-state index contributed by atoms with van der Waals surface area (Å²) in [4.78, 5) is 10.7. The summed E-state index contributed by atoms with van der Waals surface area (Å²) in [5.41, 5.74) is 0.902. The largest absolute Gasteiger partial charge is 0.497 e. The van der Waals surface area contributed by atoms with Gasteiger partial charge in [0.05, 0.1) is 16.9 Å². The molecule has 0 aliphatic rings. The second-order valence-electron chi connectivity index (χ2n) is 4.01. The maximum absolute atomic E-state index is 13.2. The number of methoxy groups -OCH3 is 1. The van der Waals surface area contributed by atoms with Crippen LogP contribution in [-0.2, 0) is 5.75 Å². The van der Waals surface area contributed by atoms with Crippen LogP contribution >= 0.6 is 11.8 Å². The third-order valence-corrected chi connectivity index (χ3v) is 3.79. The van der Waals surface area contributed by atoms with Crippen LogP contribution in [0.5, 0.6) is 5.75 Å². The molecule has 0 aliphatic heterocycles. The first-order valence-corrected chi connectivity index (χ1v) is 6.78. The van der Waals surface area contributed by atoms with Crippen molar-refractivity contribution >= 4 is 17.4 Å². The number of rotatable bonds is 5. The fourth-order valence-electron chi connectivity index (χ4n) is 1.64. The summed E-state index contributed by atoms with van der Waals surface area (Å²) in [5.74, 6) is 0.789. The van der Waals surface area contributed by atoms with Crippen molar-refractivity contribution in [1.29, 1.82) is 0 Å². The Kier molecular flexibility index (Phi) is 4.57. The molecule has 2 aromatic carbocycles. The van der Waals surface area contributed by atoms with Gasteiger partial charge in [0.2, 0.25) is 0 Å². The first-order chi connectivity index (χ1) is 9.60. The molecule has 0 amide bonds. The Morgan fingerprint density at radius 2 is 1.95 bits per heavy atom. The predicted molar refractivity (Wildman–Crippen MR) is 75.6 cm³/mol. The van der Waals surface area contributed by atoms with E-state index in [2.05, 4.69) is 0 Å². The molecule has 0 fully saturated rings. The molecular weight excluding hydrogens is 281 g/mol. The number of halogens is 1. The molecule has 0 N–H and O–H groups in total. The van der Waals surface area contributed by atoms with E-state index < -0.39 is 10.7 Å². The van der Waals surface area contributed by atoms with E-state index in [4.69, 9.17) is 4.74 Å². The lowest BCUT2D eigenvalue weighted by molar-refractivity contribution is -0.387. The Balaban J connectivity index is 2.13. The molecule has 104 valence electrons. The number of nitro benzene ring substituents is 1. The van der Waals surface area contributed by atoms with E-state index in [-0.39, 0.29) is 5.69 Å². The van der Waals surface area contributed by atoms with Gasteiger partial charge in [0, 0.05) is 11.8 Å². The van der Waals surface area contributed by atoms with Crippen molar-refractivity contribution in [2.45, 2.75) is 10.6 Å². The van der Waals surface area contributed by atoms with Gasteiger partial charge in [-0.15, -0.1) is 11.8 Å². The van der Waals surface area contributed by atoms with E-state index >= 15 is 0 Å². The van der Waals surface area contributed by atoms with E-state index in [0.29, 0.717) is 10.6 Å². The second kappa shape index (κ2) is 6.38. The number of hydrogen-bond acceptors (Lipinski definition) is 4. The molecule has 0 heterocycles. The highest BCUT2D eigenvalue weighted by atomic mass is 32.2. The zero-order chi connectivity index (χ0) is 14.5. The normalized spacial score (nSPS) is 10.3. The van der Waals surface area contributed by atoms with E-state index in [1.165, 1.54) is 23.9 Å². The van der Waals surface area contributed by atoms with Crippen LogP contribution in [0.25, 0.3) is 0 Å². The average Bonchev–Trinajstić information content (AvgIpc) is 2.45. The predicted octanol–water partition coefficient (Wildman–Crippen LogP) is 4.03. The minimum absolute atomic E-state index is 0.0788. The summed E-state index contributed by atoms with van der Waals surface area (Å²) in [6.45, 7) is 0. The van der Waals surface area contributed by atoms with Crippen molar-refractivity contribution < 1.29 is 14.1 Å². The van der Waals surface area contributed by atoms with Crippen LogP contribution in [0.1, 0.15) is 5.56 Å². The third kappa shape index (κ3) is 3.48. The molecule has 0 aromatic heterocycles. The highest BCUT2D eigenvalue weighted by Crippen LogP contribution is 2.32. The van der Waals surface area contributed by atoms with Gasteiger partial charge in [-0.25, -0.2) is 4.39 Å². The van der Waals surface area contributed by atoms with Gasteiger partial charge in [0.1, 0.15) is 11.6 Å². The monoisotopic (exact) mass is 293 g/mol. The Morgan fingerprint density at radius 3 is 2.55 bits per heavy atom. The van der Waals surface area contributed by atoms with E-state index in [0.717, 1.165) is 17.4 Å². The number of hydrogen-bond donors (Lipinski definition) is 0. The van der Waals surface area contributed by atoms with Gasteiger partial charge in [-0.2, -0.15) is 0 Å². The zero-order valence-corrected chi connectivity index (χ0v) is 11.5. The number of nitro groups is 1. The SMILES string of the molecule is COc1ccc(CSc2cc(F)ccc2[N+](=O)[O-])cc1. The van der Waals surface area contributed by atoms with Gasteiger partial charge < -0.3 is 4.74 Å². The van der Waals surface area contributed by atoms with Crippen molar-refractivity contribution in [2.75, 3.05) is 7.11 Å². The van der Waals surface area contributed by atoms with Crippen molar-refractivity contribution in [1.82, 2.24) is 0 Å². The minimum Gasteiger partial charge on any atom is -0.497 e. The first-order valence-electron chi connectivity index (χ1n) is 5.80. The maximum Gasteiger partial charge on any atom is 0.283 e. The van der Waals surface area contributed by atoms with Crippen LogP contribution < -0.4 is 4.74 Å². The van der Waals surface area contributed by atoms with Crippen LogP contribution in [0.3, 0.4) is 0 Å². The fraction of sp³-hybridized carbons (Fsp3) is 0.143. The molecule has 0 atom stereocenters. The molecule has 6 heteroatoms. The molecule has 2 aromatic rings. The molecular formula is C14H12FNO3S. The molecule has 0 aliphatic carbocycles. The van der Waals surface area contributed by atoms with Crippen molar-refractivity contribution in [2.24, 2.45) is 0 Å². The topological polar surface area (TPSA) is 52.4 Å². The van der Waals surface area contributed by atoms with Gasteiger partial charge in [-0.05, 0) is 29.8 Å². The summed E-state index contributed by atoms with van der Waals surface area (Å²) in [7, 11) is 1.58. The van der Waals surface area contributed by atoms with E-state index in [1.807, 2.05) is 24.3 Å². The zero-order valence-electron chi connectivity index (χ0n) is 10.7. The Morgan fingerprint density at radius 1 is 1.25 bits per heavy atom. The smallest absolute Gasteiger partial charge is 0.283 e. The van der Waals surface area contributed by atoms with E-state index in [1.54, 1.807) is 7.11 Å².